The lowest BCUT2D eigenvalue weighted by molar-refractivity contribution is 0.0125. The molecule has 0 bridgehead atoms. The van der Waals surface area contributed by atoms with E-state index in [2.05, 4.69) is 23.8 Å². The first-order valence-electron chi connectivity index (χ1n) is 5.68. The highest BCUT2D eigenvalue weighted by Gasteiger charge is 2.29. The van der Waals surface area contributed by atoms with E-state index >= 15 is 0 Å². The molecule has 16 heavy (non-hydrogen) atoms. The average Bonchev–Trinajstić information content (AvgIpc) is 2.60. The van der Waals surface area contributed by atoms with Gasteiger partial charge in [0.25, 0.3) is 0 Å². The summed E-state index contributed by atoms with van der Waals surface area (Å²) in [7, 11) is 5.92. The topological polar surface area (TPSA) is 41.3 Å². The standard InChI is InChI=1S/C12H23N3O/c1-12(2,14(3)4)11(16)7-6-10-8-9-13-15(10)5/h8-9,11,16H,6-7H2,1-5H3. The van der Waals surface area contributed by atoms with E-state index in [4.69, 9.17) is 0 Å². The van der Waals surface area contributed by atoms with Crippen molar-refractivity contribution in [1.82, 2.24) is 14.7 Å². The molecule has 0 fully saturated rings. The number of aromatic nitrogens is 2. The van der Waals surface area contributed by atoms with Crippen molar-refractivity contribution in [1.29, 1.82) is 0 Å². The first-order valence-corrected chi connectivity index (χ1v) is 5.68. The zero-order valence-electron chi connectivity index (χ0n) is 10.9. The third-order valence-corrected chi connectivity index (χ3v) is 3.56. The summed E-state index contributed by atoms with van der Waals surface area (Å²) in [5.74, 6) is 0. The van der Waals surface area contributed by atoms with E-state index in [0.29, 0.717) is 0 Å². The highest BCUT2D eigenvalue weighted by atomic mass is 16.3. The molecule has 1 aromatic heterocycles. The molecule has 92 valence electrons. The number of hydrogen-bond donors (Lipinski definition) is 1. The molecule has 0 aliphatic heterocycles. The maximum Gasteiger partial charge on any atom is 0.0721 e. The number of likely N-dealkylation sites (N-methyl/N-ethyl adjacent to an activating group) is 1. The Morgan fingerprint density at radius 3 is 2.56 bits per heavy atom. The molecule has 1 aromatic rings. The lowest BCUT2D eigenvalue weighted by Gasteiger charge is -2.37. The second-order valence-corrected chi connectivity index (χ2v) is 5.05. The van der Waals surface area contributed by atoms with Gasteiger partial charge in [-0.2, -0.15) is 5.10 Å². The Bertz CT molecular complexity index is 331. The Morgan fingerprint density at radius 2 is 2.12 bits per heavy atom. The van der Waals surface area contributed by atoms with Gasteiger partial charge in [0.05, 0.1) is 6.10 Å². The largest absolute Gasteiger partial charge is 0.391 e. The van der Waals surface area contributed by atoms with E-state index in [1.165, 1.54) is 0 Å². The van der Waals surface area contributed by atoms with Crippen molar-refractivity contribution >= 4 is 0 Å². The molecule has 0 aliphatic carbocycles. The number of hydrogen-bond acceptors (Lipinski definition) is 3. The van der Waals surface area contributed by atoms with Crippen LogP contribution in [0.2, 0.25) is 0 Å². The minimum atomic E-state index is -0.336. The molecule has 0 amide bonds. The zero-order valence-corrected chi connectivity index (χ0v) is 10.9. The molecule has 0 saturated carbocycles. The molecule has 0 saturated heterocycles. The molecule has 1 heterocycles. The predicted octanol–water partition coefficient (Wildman–Crippen LogP) is 1.05. The number of rotatable bonds is 5. The van der Waals surface area contributed by atoms with Crippen LogP contribution in [0.15, 0.2) is 12.3 Å². The number of nitrogens with zero attached hydrogens (tertiary/aromatic N) is 3. The number of aryl methyl sites for hydroxylation is 2. The van der Waals surface area contributed by atoms with E-state index in [1.807, 2.05) is 31.9 Å². The molecule has 1 unspecified atom stereocenters. The number of aliphatic hydroxyl groups is 1. The van der Waals surface area contributed by atoms with E-state index in [9.17, 15) is 5.11 Å². The summed E-state index contributed by atoms with van der Waals surface area (Å²) in [6.45, 7) is 4.11. The Labute approximate surface area is 97.9 Å². The second-order valence-electron chi connectivity index (χ2n) is 5.05. The fourth-order valence-corrected chi connectivity index (χ4v) is 1.58. The van der Waals surface area contributed by atoms with Crippen LogP contribution in [0.4, 0.5) is 0 Å². The summed E-state index contributed by atoms with van der Waals surface area (Å²) >= 11 is 0. The summed E-state index contributed by atoms with van der Waals surface area (Å²) < 4.78 is 1.86. The third-order valence-electron chi connectivity index (χ3n) is 3.56. The lowest BCUT2D eigenvalue weighted by atomic mass is 9.92. The molecular formula is C12H23N3O. The van der Waals surface area contributed by atoms with Crippen LogP contribution in [-0.4, -0.2) is 45.5 Å². The van der Waals surface area contributed by atoms with Gasteiger partial charge in [0.15, 0.2) is 0 Å². The highest BCUT2D eigenvalue weighted by molar-refractivity contribution is 5.01. The van der Waals surface area contributed by atoms with Gasteiger partial charge >= 0.3 is 0 Å². The Kier molecular flexibility index (Phi) is 4.10. The molecule has 4 nitrogen and oxygen atoms in total. The van der Waals surface area contributed by atoms with Crippen molar-refractivity contribution in [3.05, 3.63) is 18.0 Å². The molecule has 1 N–H and O–H groups in total. The number of aliphatic hydroxyl groups excluding tert-OH is 1. The van der Waals surface area contributed by atoms with Gasteiger partial charge in [0, 0.05) is 24.5 Å². The van der Waals surface area contributed by atoms with E-state index in [1.54, 1.807) is 6.20 Å². The van der Waals surface area contributed by atoms with Crippen molar-refractivity contribution in [3.63, 3.8) is 0 Å². The summed E-state index contributed by atoms with van der Waals surface area (Å²) in [5, 5.41) is 14.3. The normalized spacial score (nSPS) is 14.4. The van der Waals surface area contributed by atoms with Crippen LogP contribution in [0.1, 0.15) is 26.0 Å². The van der Waals surface area contributed by atoms with Crippen LogP contribution in [0.25, 0.3) is 0 Å². The lowest BCUT2D eigenvalue weighted by Crippen LogP contribution is -2.48. The zero-order chi connectivity index (χ0) is 12.3. The van der Waals surface area contributed by atoms with Crippen LogP contribution in [-0.2, 0) is 13.5 Å². The Balaban J connectivity index is 2.53. The van der Waals surface area contributed by atoms with Gasteiger partial charge in [-0.1, -0.05) is 0 Å². The van der Waals surface area contributed by atoms with Gasteiger partial charge in [-0.05, 0) is 46.9 Å². The fraction of sp³-hybridized carbons (Fsp3) is 0.750. The molecule has 1 atom stereocenters. The average molecular weight is 225 g/mol. The van der Waals surface area contributed by atoms with E-state index < -0.39 is 0 Å². The van der Waals surface area contributed by atoms with Crippen molar-refractivity contribution in [3.8, 4) is 0 Å². The fourth-order valence-electron chi connectivity index (χ4n) is 1.58. The highest BCUT2D eigenvalue weighted by Crippen LogP contribution is 2.19. The van der Waals surface area contributed by atoms with Crippen molar-refractivity contribution < 1.29 is 5.11 Å². The summed E-state index contributed by atoms with van der Waals surface area (Å²) in [4.78, 5) is 2.06. The molecule has 0 radical (unpaired) electrons. The molecule has 0 spiro atoms. The van der Waals surface area contributed by atoms with Crippen molar-refractivity contribution in [2.24, 2.45) is 7.05 Å². The third kappa shape index (κ3) is 2.83. The van der Waals surface area contributed by atoms with Gasteiger partial charge in [-0.3, -0.25) is 4.68 Å². The smallest absolute Gasteiger partial charge is 0.0721 e. The van der Waals surface area contributed by atoms with Gasteiger partial charge in [0.1, 0.15) is 0 Å². The molecule has 4 heteroatoms. The SMILES string of the molecule is CN(C)C(C)(C)C(O)CCc1ccnn1C. The quantitative estimate of drug-likeness (QED) is 0.814. The van der Waals surface area contributed by atoms with Crippen LogP contribution in [0.5, 0.6) is 0 Å². The van der Waals surface area contributed by atoms with Gasteiger partial charge in [-0.25, -0.2) is 0 Å². The van der Waals surface area contributed by atoms with Crippen LogP contribution in [0, 0.1) is 0 Å². The molecular weight excluding hydrogens is 202 g/mol. The van der Waals surface area contributed by atoms with Crippen molar-refractivity contribution in [2.45, 2.75) is 38.3 Å². The van der Waals surface area contributed by atoms with Gasteiger partial charge in [0.2, 0.25) is 0 Å². The van der Waals surface area contributed by atoms with Gasteiger partial charge in [-0.15, -0.1) is 0 Å². The minimum absolute atomic E-state index is 0.196. The minimum Gasteiger partial charge on any atom is -0.391 e. The van der Waals surface area contributed by atoms with E-state index in [0.717, 1.165) is 18.5 Å². The maximum atomic E-state index is 10.2. The first-order chi connectivity index (χ1) is 7.35. The monoisotopic (exact) mass is 225 g/mol. The second kappa shape index (κ2) is 4.97. The maximum absolute atomic E-state index is 10.2. The molecule has 0 aliphatic rings. The summed E-state index contributed by atoms with van der Waals surface area (Å²) in [6.07, 6.45) is 3.07. The predicted molar refractivity (Wildman–Crippen MR) is 65.3 cm³/mol. The summed E-state index contributed by atoms with van der Waals surface area (Å²) in [5.41, 5.74) is 0.965. The van der Waals surface area contributed by atoms with Crippen molar-refractivity contribution in [2.75, 3.05) is 14.1 Å². The summed E-state index contributed by atoms with van der Waals surface area (Å²) in [6, 6.07) is 2.00. The van der Waals surface area contributed by atoms with Crippen LogP contribution < -0.4 is 0 Å². The van der Waals surface area contributed by atoms with E-state index in [-0.39, 0.29) is 11.6 Å². The van der Waals surface area contributed by atoms with Gasteiger partial charge < -0.3 is 10.0 Å². The molecule has 1 rings (SSSR count). The Hall–Kier alpha value is -0.870. The van der Waals surface area contributed by atoms with Crippen LogP contribution >= 0.6 is 0 Å². The first kappa shape index (κ1) is 13.2. The Morgan fingerprint density at radius 1 is 1.50 bits per heavy atom. The molecule has 0 aromatic carbocycles. The van der Waals surface area contributed by atoms with Crippen LogP contribution in [0.3, 0.4) is 0 Å².